The molecule has 1 nitrogen and oxygen atoms in total. The first kappa shape index (κ1) is 11.3. The van der Waals surface area contributed by atoms with Gasteiger partial charge in [-0.15, -0.1) is 0 Å². The Balaban J connectivity index is 0. The molecule has 0 saturated heterocycles. The molecule has 0 rings (SSSR count). The number of nitrogens with two attached hydrogens (primary N) is 1. The van der Waals surface area contributed by atoms with Crippen molar-refractivity contribution in [3.63, 3.8) is 0 Å². The minimum Gasteiger partial charge on any atom is -0.330 e. The van der Waals surface area contributed by atoms with E-state index in [-0.39, 0.29) is 17.1 Å². The van der Waals surface area contributed by atoms with Crippen molar-refractivity contribution in [3.8, 4) is 0 Å². The molecule has 0 aliphatic heterocycles. The van der Waals surface area contributed by atoms with Gasteiger partial charge in [-0.2, -0.15) is 0 Å². The second-order valence-electron chi connectivity index (χ2n) is 1.85. The van der Waals surface area contributed by atoms with Gasteiger partial charge in [0.2, 0.25) is 0 Å². The molecule has 0 fully saturated rings. The second-order valence-corrected chi connectivity index (χ2v) is 1.85. The van der Waals surface area contributed by atoms with Crippen molar-refractivity contribution >= 4 is 0 Å². The van der Waals surface area contributed by atoms with Crippen LogP contribution >= 0.6 is 0 Å². The van der Waals surface area contributed by atoms with Crippen LogP contribution < -0.4 is 5.73 Å². The van der Waals surface area contributed by atoms with Crippen molar-refractivity contribution in [1.29, 1.82) is 0 Å². The molecule has 0 aliphatic carbocycles. The molecule has 0 spiro atoms. The number of rotatable bonds is 4. The maximum atomic E-state index is 5.27. The molecule has 2 heteroatoms. The summed E-state index contributed by atoms with van der Waals surface area (Å²) >= 11 is 0. The Bertz CT molecular complexity index is 27.7. The molecule has 1 radical (unpaired) electrons. The van der Waals surface area contributed by atoms with E-state index in [9.17, 15) is 0 Å². The smallest absolute Gasteiger partial charge is 0 e. The zero-order valence-corrected chi connectivity index (χ0v) is 6.36. The molecule has 0 amide bonds. The van der Waals surface area contributed by atoms with Gasteiger partial charge >= 0.3 is 0 Å². The third kappa shape index (κ3) is 9.70. The van der Waals surface area contributed by atoms with E-state index in [0.29, 0.717) is 0 Å². The van der Waals surface area contributed by atoms with Crippen LogP contribution in [0.5, 0.6) is 0 Å². The van der Waals surface area contributed by atoms with Crippen molar-refractivity contribution in [2.24, 2.45) is 5.73 Å². The van der Waals surface area contributed by atoms with E-state index in [1.807, 2.05) is 0 Å². The minimum absolute atomic E-state index is 0. The van der Waals surface area contributed by atoms with Crippen LogP contribution in [0.4, 0.5) is 0 Å². The molecular formula is C6H15CuN. The summed E-state index contributed by atoms with van der Waals surface area (Å²) < 4.78 is 0. The largest absolute Gasteiger partial charge is 0.330 e. The van der Waals surface area contributed by atoms with Gasteiger partial charge in [0.25, 0.3) is 0 Å². The molecule has 0 bridgehead atoms. The summed E-state index contributed by atoms with van der Waals surface area (Å²) in [5.74, 6) is 0. The van der Waals surface area contributed by atoms with Gasteiger partial charge in [-0.3, -0.25) is 0 Å². The standard InChI is InChI=1S/C6H15N.Cu/c1-2-3-4-5-6-7;/h2-7H2,1H3;. The topological polar surface area (TPSA) is 26.0 Å². The first-order valence-electron chi connectivity index (χ1n) is 3.12. The van der Waals surface area contributed by atoms with Crippen LogP contribution in [0, 0.1) is 0 Å². The van der Waals surface area contributed by atoms with Crippen LogP contribution in [0.3, 0.4) is 0 Å². The maximum Gasteiger partial charge on any atom is 0 e. The third-order valence-electron chi connectivity index (χ3n) is 1.06. The molecule has 0 saturated carbocycles. The first-order valence-corrected chi connectivity index (χ1v) is 3.12. The zero-order chi connectivity index (χ0) is 5.54. The number of hydrogen-bond donors (Lipinski definition) is 1. The van der Waals surface area contributed by atoms with Gasteiger partial charge in [0.1, 0.15) is 0 Å². The molecule has 0 atom stereocenters. The SMILES string of the molecule is CCCCCCN.[Cu]. The molecule has 0 unspecified atom stereocenters. The van der Waals surface area contributed by atoms with Crippen LogP contribution in [0.15, 0.2) is 0 Å². The summed E-state index contributed by atoms with van der Waals surface area (Å²) in [5.41, 5.74) is 5.27. The first-order chi connectivity index (χ1) is 3.41. The van der Waals surface area contributed by atoms with Crippen molar-refractivity contribution in [1.82, 2.24) is 0 Å². The molecule has 55 valence electrons. The van der Waals surface area contributed by atoms with Gasteiger partial charge in [0.15, 0.2) is 0 Å². The second kappa shape index (κ2) is 10.5. The van der Waals surface area contributed by atoms with Crippen LogP contribution in [-0.4, -0.2) is 6.54 Å². The normalized spacial score (nSPS) is 8.25. The molecule has 0 aromatic heterocycles. The Morgan fingerprint density at radius 3 is 2.12 bits per heavy atom. The van der Waals surface area contributed by atoms with Crippen molar-refractivity contribution < 1.29 is 17.1 Å². The van der Waals surface area contributed by atoms with Gasteiger partial charge in [0.05, 0.1) is 0 Å². The van der Waals surface area contributed by atoms with Crippen molar-refractivity contribution in [2.75, 3.05) is 6.54 Å². The van der Waals surface area contributed by atoms with E-state index in [2.05, 4.69) is 6.92 Å². The number of unbranched alkanes of at least 4 members (excludes halogenated alkanes) is 3. The third-order valence-corrected chi connectivity index (χ3v) is 1.06. The molecule has 0 aromatic rings. The Morgan fingerprint density at radius 2 is 1.75 bits per heavy atom. The number of hydrogen-bond acceptors (Lipinski definition) is 1. The van der Waals surface area contributed by atoms with E-state index in [1.54, 1.807) is 0 Å². The van der Waals surface area contributed by atoms with Gasteiger partial charge < -0.3 is 5.73 Å². The summed E-state index contributed by atoms with van der Waals surface area (Å²) in [7, 11) is 0. The average molecular weight is 165 g/mol. The van der Waals surface area contributed by atoms with Crippen LogP contribution in [-0.2, 0) is 17.1 Å². The molecule has 0 aromatic carbocycles. The molecular weight excluding hydrogens is 150 g/mol. The van der Waals surface area contributed by atoms with Gasteiger partial charge in [-0.25, -0.2) is 0 Å². The molecule has 8 heavy (non-hydrogen) atoms. The van der Waals surface area contributed by atoms with Crippen LogP contribution in [0.1, 0.15) is 32.6 Å². The summed E-state index contributed by atoms with van der Waals surface area (Å²) in [6, 6.07) is 0. The predicted octanol–water partition coefficient (Wildman–Crippen LogP) is 1.52. The summed E-state index contributed by atoms with van der Waals surface area (Å²) in [6.45, 7) is 3.07. The van der Waals surface area contributed by atoms with E-state index >= 15 is 0 Å². The van der Waals surface area contributed by atoms with E-state index in [4.69, 9.17) is 5.73 Å². The van der Waals surface area contributed by atoms with Crippen LogP contribution in [0.25, 0.3) is 0 Å². The Kier molecular flexibility index (Phi) is 14.8. The minimum atomic E-state index is 0. The molecule has 2 N–H and O–H groups in total. The maximum absolute atomic E-state index is 5.27. The fourth-order valence-corrected chi connectivity index (χ4v) is 0.571. The Morgan fingerprint density at radius 1 is 1.12 bits per heavy atom. The predicted molar refractivity (Wildman–Crippen MR) is 33.2 cm³/mol. The average Bonchev–Trinajstić information content (AvgIpc) is 1.69. The van der Waals surface area contributed by atoms with Crippen molar-refractivity contribution in [2.45, 2.75) is 32.6 Å². The van der Waals surface area contributed by atoms with Gasteiger partial charge in [-0.05, 0) is 13.0 Å². The summed E-state index contributed by atoms with van der Waals surface area (Å²) in [5, 5.41) is 0. The fraction of sp³-hybridized carbons (Fsp3) is 1.00. The van der Waals surface area contributed by atoms with E-state index in [0.717, 1.165) is 6.54 Å². The summed E-state index contributed by atoms with van der Waals surface area (Å²) in [6.07, 6.45) is 5.16. The van der Waals surface area contributed by atoms with Crippen LogP contribution in [0.2, 0.25) is 0 Å². The van der Waals surface area contributed by atoms with E-state index < -0.39 is 0 Å². The zero-order valence-electron chi connectivity index (χ0n) is 5.41. The van der Waals surface area contributed by atoms with E-state index in [1.165, 1.54) is 25.7 Å². The molecule has 0 aliphatic rings. The fourth-order valence-electron chi connectivity index (χ4n) is 0.571. The van der Waals surface area contributed by atoms with Crippen molar-refractivity contribution in [3.05, 3.63) is 0 Å². The summed E-state index contributed by atoms with van der Waals surface area (Å²) in [4.78, 5) is 0. The van der Waals surface area contributed by atoms with Gasteiger partial charge in [0, 0.05) is 17.1 Å². The Hall–Kier alpha value is 0.479. The monoisotopic (exact) mass is 164 g/mol. The Labute approximate surface area is 62.5 Å². The molecule has 0 heterocycles. The van der Waals surface area contributed by atoms with Gasteiger partial charge in [-0.1, -0.05) is 26.2 Å². The quantitative estimate of drug-likeness (QED) is 0.495.